The summed E-state index contributed by atoms with van der Waals surface area (Å²) in [6.45, 7) is 2.84. The molecule has 0 bridgehead atoms. The standard InChI is InChI=1S/C27H37NO5S/c1-32-27(29)20-25(34(30,31)21-23-10-3-2-4-11-23)19-24-12-5-6-13-26(24)33-18-8-7-9-22-14-16-28-17-15-22/h2-6,10-13,22,25,28H,7-9,14-21H2,1H3. The Hall–Kier alpha value is -2.38. The monoisotopic (exact) mass is 487 g/mol. The van der Waals surface area contributed by atoms with Crippen LogP contribution in [0.15, 0.2) is 54.6 Å². The van der Waals surface area contributed by atoms with Gasteiger partial charge in [0, 0.05) is 0 Å². The molecule has 7 heteroatoms. The molecule has 1 aliphatic heterocycles. The lowest BCUT2D eigenvalue weighted by Gasteiger charge is -2.22. The summed E-state index contributed by atoms with van der Waals surface area (Å²) in [6.07, 6.45) is 5.85. The van der Waals surface area contributed by atoms with Gasteiger partial charge in [0.25, 0.3) is 0 Å². The number of unbranched alkanes of at least 4 members (excludes halogenated alkanes) is 1. The number of hydrogen-bond acceptors (Lipinski definition) is 6. The van der Waals surface area contributed by atoms with E-state index in [9.17, 15) is 13.2 Å². The van der Waals surface area contributed by atoms with Crippen molar-refractivity contribution in [3.63, 3.8) is 0 Å². The third-order valence-corrected chi connectivity index (χ3v) is 8.57. The van der Waals surface area contributed by atoms with Gasteiger partial charge in [-0.1, -0.05) is 55.0 Å². The Morgan fingerprint density at radius 2 is 1.74 bits per heavy atom. The van der Waals surface area contributed by atoms with Crippen molar-refractivity contribution in [1.82, 2.24) is 5.32 Å². The molecule has 0 spiro atoms. The number of para-hydroxylation sites is 1. The predicted octanol–water partition coefficient (Wildman–Crippen LogP) is 4.32. The maximum Gasteiger partial charge on any atom is 0.306 e. The van der Waals surface area contributed by atoms with Gasteiger partial charge in [-0.05, 0) is 68.3 Å². The van der Waals surface area contributed by atoms with Gasteiger partial charge in [-0.25, -0.2) is 8.42 Å². The summed E-state index contributed by atoms with van der Waals surface area (Å²) in [4.78, 5) is 12.0. The molecule has 2 aromatic rings. The fourth-order valence-corrected chi connectivity index (χ4v) is 6.18. The lowest BCUT2D eigenvalue weighted by molar-refractivity contribution is -0.140. The number of carbonyl (C=O) groups is 1. The molecule has 186 valence electrons. The van der Waals surface area contributed by atoms with Gasteiger partial charge < -0.3 is 14.8 Å². The van der Waals surface area contributed by atoms with Crippen LogP contribution in [0.25, 0.3) is 0 Å². The molecule has 1 unspecified atom stereocenters. The van der Waals surface area contributed by atoms with Crippen LogP contribution in [-0.2, 0) is 31.5 Å². The van der Waals surface area contributed by atoms with Gasteiger partial charge in [-0.2, -0.15) is 0 Å². The van der Waals surface area contributed by atoms with Crippen LogP contribution in [0.4, 0.5) is 0 Å². The number of ether oxygens (including phenoxy) is 2. The van der Waals surface area contributed by atoms with Gasteiger partial charge in [0.15, 0.2) is 9.84 Å². The lowest BCUT2D eigenvalue weighted by atomic mass is 9.93. The third kappa shape index (κ3) is 8.44. The molecule has 1 atom stereocenters. The Labute approximate surface area is 204 Å². The molecule has 3 rings (SSSR count). The Bertz CT molecular complexity index is 987. The average molecular weight is 488 g/mol. The van der Waals surface area contributed by atoms with E-state index in [-0.39, 0.29) is 18.6 Å². The van der Waals surface area contributed by atoms with E-state index in [0.29, 0.717) is 17.9 Å². The fourth-order valence-electron chi connectivity index (χ4n) is 4.47. The van der Waals surface area contributed by atoms with Crippen LogP contribution in [-0.4, -0.2) is 46.4 Å². The Balaban J connectivity index is 1.62. The lowest BCUT2D eigenvalue weighted by Crippen LogP contribution is -2.29. The van der Waals surface area contributed by atoms with Crippen LogP contribution in [0, 0.1) is 5.92 Å². The number of nitrogens with one attached hydrogen (secondary N) is 1. The molecule has 34 heavy (non-hydrogen) atoms. The highest BCUT2D eigenvalue weighted by Crippen LogP contribution is 2.26. The molecule has 0 radical (unpaired) electrons. The van der Waals surface area contributed by atoms with Crippen LogP contribution in [0.5, 0.6) is 5.75 Å². The van der Waals surface area contributed by atoms with Crippen molar-refractivity contribution in [1.29, 1.82) is 0 Å². The maximum atomic E-state index is 13.3. The maximum absolute atomic E-state index is 13.3. The second-order valence-corrected chi connectivity index (χ2v) is 11.3. The van der Waals surface area contributed by atoms with E-state index in [4.69, 9.17) is 9.47 Å². The van der Waals surface area contributed by atoms with E-state index in [0.717, 1.165) is 37.4 Å². The van der Waals surface area contributed by atoms with Gasteiger partial charge in [0.05, 0.1) is 31.1 Å². The summed E-state index contributed by atoms with van der Waals surface area (Å²) in [5.74, 6) is 0.851. The third-order valence-electron chi connectivity index (χ3n) is 6.48. The first-order valence-corrected chi connectivity index (χ1v) is 13.9. The zero-order valence-corrected chi connectivity index (χ0v) is 20.9. The van der Waals surface area contributed by atoms with Crippen LogP contribution in [0.1, 0.15) is 49.7 Å². The van der Waals surface area contributed by atoms with Crippen LogP contribution in [0.3, 0.4) is 0 Å². The molecule has 0 saturated carbocycles. The summed E-state index contributed by atoms with van der Waals surface area (Å²) in [6, 6.07) is 16.6. The summed E-state index contributed by atoms with van der Waals surface area (Å²) >= 11 is 0. The topological polar surface area (TPSA) is 81.7 Å². The quantitative estimate of drug-likeness (QED) is 0.335. The average Bonchev–Trinajstić information content (AvgIpc) is 2.85. The molecule has 2 aromatic carbocycles. The van der Waals surface area contributed by atoms with E-state index < -0.39 is 21.1 Å². The number of carbonyl (C=O) groups excluding carboxylic acids is 1. The molecule has 0 aromatic heterocycles. The highest BCUT2D eigenvalue weighted by molar-refractivity contribution is 7.91. The minimum atomic E-state index is -3.60. The van der Waals surface area contributed by atoms with Gasteiger partial charge in [-0.3, -0.25) is 4.79 Å². The molecule has 1 fully saturated rings. The molecule has 1 N–H and O–H groups in total. The first-order valence-electron chi connectivity index (χ1n) is 12.2. The zero-order chi connectivity index (χ0) is 24.2. The van der Waals surface area contributed by atoms with Crippen molar-refractivity contribution in [3.05, 3.63) is 65.7 Å². The predicted molar refractivity (Wildman–Crippen MR) is 135 cm³/mol. The van der Waals surface area contributed by atoms with Gasteiger partial charge in [0.2, 0.25) is 0 Å². The number of methoxy groups -OCH3 is 1. The van der Waals surface area contributed by atoms with Crippen LogP contribution < -0.4 is 10.1 Å². The number of esters is 1. The molecule has 1 aliphatic rings. The van der Waals surface area contributed by atoms with E-state index >= 15 is 0 Å². The van der Waals surface area contributed by atoms with Crippen LogP contribution in [0.2, 0.25) is 0 Å². The number of hydrogen-bond donors (Lipinski definition) is 1. The fraction of sp³-hybridized carbons (Fsp3) is 0.519. The van der Waals surface area contributed by atoms with Crippen molar-refractivity contribution >= 4 is 15.8 Å². The van der Waals surface area contributed by atoms with Crippen molar-refractivity contribution in [2.45, 2.75) is 55.9 Å². The normalized spacial score (nSPS) is 15.6. The Morgan fingerprint density at radius 1 is 1.03 bits per heavy atom. The van der Waals surface area contributed by atoms with Gasteiger partial charge in [-0.15, -0.1) is 0 Å². The Kier molecular flexibility index (Phi) is 10.4. The van der Waals surface area contributed by atoms with E-state index in [1.807, 2.05) is 42.5 Å². The Morgan fingerprint density at radius 3 is 2.47 bits per heavy atom. The molecular formula is C27H37NO5S. The highest BCUT2D eigenvalue weighted by Gasteiger charge is 2.30. The smallest absolute Gasteiger partial charge is 0.306 e. The second-order valence-electron chi connectivity index (χ2n) is 9.04. The van der Waals surface area contributed by atoms with Gasteiger partial charge in [0.1, 0.15) is 5.75 Å². The van der Waals surface area contributed by atoms with Crippen LogP contribution >= 0.6 is 0 Å². The van der Waals surface area contributed by atoms with Crippen molar-refractivity contribution in [3.8, 4) is 5.75 Å². The zero-order valence-electron chi connectivity index (χ0n) is 20.1. The molecule has 0 amide bonds. The summed E-state index contributed by atoms with van der Waals surface area (Å²) in [7, 11) is -2.32. The first-order chi connectivity index (χ1) is 16.5. The molecular weight excluding hydrogens is 450 g/mol. The summed E-state index contributed by atoms with van der Waals surface area (Å²) in [5, 5.41) is 2.52. The second kappa shape index (κ2) is 13.5. The van der Waals surface area contributed by atoms with Crippen molar-refractivity contribution < 1.29 is 22.7 Å². The number of piperidine rings is 1. The van der Waals surface area contributed by atoms with Crippen molar-refractivity contribution in [2.24, 2.45) is 5.92 Å². The molecule has 1 saturated heterocycles. The minimum absolute atomic E-state index is 0.116. The minimum Gasteiger partial charge on any atom is -0.493 e. The van der Waals surface area contributed by atoms with Gasteiger partial charge >= 0.3 is 5.97 Å². The number of sulfone groups is 1. The highest BCUT2D eigenvalue weighted by atomic mass is 32.2. The van der Waals surface area contributed by atoms with Crippen molar-refractivity contribution in [2.75, 3.05) is 26.8 Å². The van der Waals surface area contributed by atoms with E-state index in [1.165, 1.54) is 26.4 Å². The molecule has 6 nitrogen and oxygen atoms in total. The number of benzene rings is 2. The number of rotatable bonds is 13. The van der Waals surface area contributed by atoms with E-state index in [1.54, 1.807) is 12.1 Å². The van der Waals surface area contributed by atoms with E-state index in [2.05, 4.69) is 5.32 Å². The largest absolute Gasteiger partial charge is 0.493 e. The SMILES string of the molecule is COC(=O)CC(Cc1ccccc1OCCCCC1CCNCC1)S(=O)(=O)Cc1ccccc1. The molecule has 0 aliphatic carbocycles. The summed E-state index contributed by atoms with van der Waals surface area (Å²) < 4.78 is 37.4. The molecule has 1 heterocycles. The summed E-state index contributed by atoms with van der Waals surface area (Å²) in [5.41, 5.74) is 1.50. The first kappa shape index (κ1) is 26.2.